The van der Waals surface area contributed by atoms with Gasteiger partial charge in [0.2, 0.25) is 0 Å². The first-order valence-electron chi connectivity index (χ1n) is 7.77. The Morgan fingerprint density at radius 2 is 1.96 bits per heavy atom. The fourth-order valence-electron chi connectivity index (χ4n) is 2.22. The third-order valence-corrected chi connectivity index (χ3v) is 3.71. The lowest BCUT2D eigenvalue weighted by Gasteiger charge is -2.12. The number of anilines is 2. The summed E-state index contributed by atoms with van der Waals surface area (Å²) in [5.41, 5.74) is 1.31. The standard InChI is InChI=1S/C18H18ClN3O4/c1-3-20-17(24)11-5-4-6-13(7-11)21-18(25)22-15-9-14(19)16(26-2)8-12(15)10-23/h4-10H,3H2,1-2H3,(H,20,24)(H2,21,22,25). The molecule has 26 heavy (non-hydrogen) atoms. The minimum Gasteiger partial charge on any atom is -0.495 e. The Morgan fingerprint density at radius 3 is 2.62 bits per heavy atom. The smallest absolute Gasteiger partial charge is 0.323 e. The fourth-order valence-corrected chi connectivity index (χ4v) is 2.46. The number of halogens is 1. The van der Waals surface area contributed by atoms with Gasteiger partial charge < -0.3 is 20.7 Å². The Balaban J connectivity index is 2.14. The van der Waals surface area contributed by atoms with E-state index in [-0.39, 0.29) is 22.2 Å². The van der Waals surface area contributed by atoms with Crippen LogP contribution in [0.25, 0.3) is 0 Å². The van der Waals surface area contributed by atoms with Gasteiger partial charge in [0.05, 0.1) is 17.8 Å². The first-order valence-corrected chi connectivity index (χ1v) is 8.15. The van der Waals surface area contributed by atoms with Gasteiger partial charge in [-0.05, 0) is 37.3 Å². The lowest BCUT2D eigenvalue weighted by Crippen LogP contribution is -2.23. The molecule has 0 saturated heterocycles. The number of hydrogen-bond acceptors (Lipinski definition) is 4. The summed E-state index contributed by atoms with van der Waals surface area (Å²) in [4.78, 5) is 35.3. The van der Waals surface area contributed by atoms with Gasteiger partial charge in [-0.1, -0.05) is 17.7 Å². The third-order valence-electron chi connectivity index (χ3n) is 3.42. The average molecular weight is 376 g/mol. The maximum atomic E-state index is 12.2. The number of ether oxygens (including phenoxy) is 1. The summed E-state index contributed by atoms with van der Waals surface area (Å²) >= 11 is 6.03. The molecular weight excluding hydrogens is 358 g/mol. The number of methoxy groups -OCH3 is 1. The van der Waals surface area contributed by atoms with Crippen molar-refractivity contribution in [3.63, 3.8) is 0 Å². The third kappa shape index (κ3) is 4.73. The van der Waals surface area contributed by atoms with Crippen molar-refractivity contribution in [3.05, 3.63) is 52.5 Å². The van der Waals surface area contributed by atoms with Gasteiger partial charge in [0.15, 0.2) is 6.29 Å². The molecule has 0 atom stereocenters. The summed E-state index contributed by atoms with van der Waals surface area (Å²) in [7, 11) is 1.43. The maximum Gasteiger partial charge on any atom is 0.323 e. The van der Waals surface area contributed by atoms with Crippen LogP contribution in [-0.2, 0) is 0 Å². The molecule has 2 aromatic carbocycles. The van der Waals surface area contributed by atoms with Crippen LogP contribution in [0, 0.1) is 0 Å². The number of urea groups is 1. The summed E-state index contributed by atoms with van der Waals surface area (Å²) in [5, 5.41) is 8.10. The zero-order valence-corrected chi connectivity index (χ0v) is 15.0. The minimum atomic E-state index is -0.581. The zero-order chi connectivity index (χ0) is 19.1. The average Bonchev–Trinajstić information content (AvgIpc) is 2.62. The SMILES string of the molecule is CCNC(=O)c1cccc(NC(=O)Nc2cc(Cl)c(OC)cc2C=O)c1. The van der Waals surface area contributed by atoms with Crippen LogP contribution in [0.3, 0.4) is 0 Å². The molecule has 136 valence electrons. The van der Waals surface area contributed by atoms with Crippen molar-refractivity contribution in [2.24, 2.45) is 0 Å². The molecule has 7 nitrogen and oxygen atoms in total. The van der Waals surface area contributed by atoms with Crippen LogP contribution in [0.4, 0.5) is 16.2 Å². The number of carbonyl (C=O) groups is 3. The van der Waals surface area contributed by atoms with Gasteiger partial charge in [-0.3, -0.25) is 9.59 Å². The van der Waals surface area contributed by atoms with E-state index in [4.69, 9.17) is 16.3 Å². The van der Waals surface area contributed by atoms with Crippen LogP contribution in [0.15, 0.2) is 36.4 Å². The molecule has 0 fully saturated rings. The van der Waals surface area contributed by atoms with E-state index in [2.05, 4.69) is 16.0 Å². The quantitative estimate of drug-likeness (QED) is 0.672. The summed E-state index contributed by atoms with van der Waals surface area (Å²) in [6.45, 7) is 2.32. The monoisotopic (exact) mass is 375 g/mol. The summed E-state index contributed by atoms with van der Waals surface area (Å²) in [6.07, 6.45) is 0.587. The summed E-state index contributed by atoms with van der Waals surface area (Å²) < 4.78 is 5.04. The molecule has 8 heteroatoms. The predicted molar refractivity (Wildman–Crippen MR) is 100 cm³/mol. The van der Waals surface area contributed by atoms with E-state index in [0.29, 0.717) is 29.8 Å². The minimum absolute atomic E-state index is 0.220. The molecule has 0 aromatic heterocycles. The van der Waals surface area contributed by atoms with Gasteiger partial charge in [0, 0.05) is 23.4 Å². The normalized spacial score (nSPS) is 9.96. The molecule has 0 bridgehead atoms. The molecule has 0 unspecified atom stereocenters. The molecule has 0 saturated carbocycles. The van der Waals surface area contributed by atoms with E-state index < -0.39 is 6.03 Å². The van der Waals surface area contributed by atoms with Crippen molar-refractivity contribution in [2.75, 3.05) is 24.3 Å². The topological polar surface area (TPSA) is 96.5 Å². The molecule has 0 aliphatic carbocycles. The van der Waals surface area contributed by atoms with Crippen molar-refractivity contribution in [1.29, 1.82) is 0 Å². The Morgan fingerprint density at radius 1 is 1.19 bits per heavy atom. The van der Waals surface area contributed by atoms with Gasteiger partial charge in [-0.25, -0.2) is 4.79 Å². The van der Waals surface area contributed by atoms with Gasteiger partial charge >= 0.3 is 6.03 Å². The maximum absolute atomic E-state index is 12.2. The van der Waals surface area contributed by atoms with Crippen LogP contribution in [0.2, 0.25) is 5.02 Å². The highest BCUT2D eigenvalue weighted by Gasteiger charge is 2.12. The molecule has 3 N–H and O–H groups in total. The number of hydrogen-bond donors (Lipinski definition) is 3. The Kier molecular flexibility index (Phi) is 6.57. The molecule has 3 amide bonds. The van der Waals surface area contributed by atoms with Crippen molar-refractivity contribution in [3.8, 4) is 5.75 Å². The molecule has 2 aromatic rings. The Hall–Kier alpha value is -3.06. The summed E-state index contributed by atoms with van der Waals surface area (Å²) in [6, 6.07) is 8.76. The molecular formula is C18H18ClN3O4. The van der Waals surface area contributed by atoms with Crippen LogP contribution < -0.4 is 20.7 Å². The van der Waals surface area contributed by atoms with E-state index >= 15 is 0 Å². The van der Waals surface area contributed by atoms with Crippen molar-refractivity contribution < 1.29 is 19.1 Å². The van der Waals surface area contributed by atoms with E-state index in [1.54, 1.807) is 24.3 Å². The summed E-state index contributed by atoms with van der Waals surface area (Å²) in [5.74, 6) is 0.0936. The lowest BCUT2D eigenvalue weighted by atomic mass is 10.2. The van der Waals surface area contributed by atoms with E-state index in [9.17, 15) is 14.4 Å². The van der Waals surface area contributed by atoms with E-state index in [1.165, 1.54) is 19.2 Å². The predicted octanol–water partition coefficient (Wildman–Crippen LogP) is 3.55. The first kappa shape index (κ1) is 19.3. The van der Waals surface area contributed by atoms with Crippen LogP contribution in [-0.4, -0.2) is 31.9 Å². The van der Waals surface area contributed by atoms with Crippen molar-refractivity contribution in [1.82, 2.24) is 5.32 Å². The first-order chi connectivity index (χ1) is 12.5. The molecule has 0 aliphatic heterocycles. The van der Waals surface area contributed by atoms with Gasteiger partial charge in [-0.15, -0.1) is 0 Å². The van der Waals surface area contributed by atoms with E-state index in [1.807, 2.05) is 6.92 Å². The van der Waals surface area contributed by atoms with Gasteiger partial charge in [-0.2, -0.15) is 0 Å². The Bertz CT molecular complexity index is 839. The second-order valence-corrected chi connectivity index (χ2v) is 5.62. The highest BCUT2D eigenvalue weighted by Crippen LogP contribution is 2.30. The van der Waals surface area contributed by atoms with Crippen LogP contribution >= 0.6 is 11.6 Å². The molecule has 0 radical (unpaired) electrons. The Labute approximate surface area is 155 Å². The van der Waals surface area contributed by atoms with Crippen molar-refractivity contribution in [2.45, 2.75) is 6.92 Å². The molecule has 0 aliphatic rings. The van der Waals surface area contributed by atoms with Crippen LogP contribution in [0.1, 0.15) is 27.6 Å². The van der Waals surface area contributed by atoms with E-state index in [0.717, 1.165) is 0 Å². The molecule has 2 rings (SSSR count). The van der Waals surface area contributed by atoms with Crippen molar-refractivity contribution >= 4 is 41.2 Å². The number of amides is 3. The highest BCUT2D eigenvalue weighted by atomic mass is 35.5. The fraction of sp³-hybridized carbons (Fsp3) is 0.167. The largest absolute Gasteiger partial charge is 0.495 e. The highest BCUT2D eigenvalue weighted by molar-refractivity contribution is 6.32. The number of aldehydes is 1. The zero-order valence-electron chi connectivity index (χ0n) is 14.3. The number of carbonyl (C=O) groups excluding carboxylic acids is 3. The van der Waals surface area contributed by atoms with Gasteiger partial charge in [0.25, 0.3) is 5.91 Å². The lowest BCUT2D eigenvalue weighted by molar-refractivity contribution is 0.0955. The molecule has 0 heterocycles. The van der Waals surface area contributed by atoms with Crippen LogP contribution in [0.5, 0.6) is 5.75 Å². The second-order valence-electron chi connectivity index (χ2n) is 5.21. The number of rotatable bonds is 6. The van der Waals surface area contributed by atoms with Gasteiger partial charge in [0.1, 0.15) is 5.75 Å². The number of nitrogens with one attached hydrogen (secondary N) is 3. The second kappa shape index (κ2) is 8.87. The number of benzene rings is 2. The molecule has 0 spiro atoms.